The molecule has 3 rings (SSSR count). The third-order valence-electron chi connectivity index (χ3n) is 4.95. The normalized spacial score (nSPS) is 20.3. The van der Waals surface area contributed by atoms with Crippen LogP contribution >= 0.6 is 0 Å². The molecule has 0 unspecified atom stereocenters. The van der Waals surface area contributed by atoms with Gasteiger partial charge in [-0.1, -0.05) is 18.2 Å². The van der Waals surface area contributed by atoms with E-state index < -0.39 is 6.04 Å². The van der Waals surface area contributed by atoms with Gasteiger partial charge in [0.25, 0.3) is 5.91 Å². The van der Waals surface area contributed by atoms with Crippen molar-refractivity contribution in [3.63, 3.8) is 0 Å². The van der Waals surface area contributed by atoms with Gasteiger partial charge < -0.3 is 10.2 Å². The summed E-state index contributed by atoms with van der Waals surface area (Å²) >= 11 is 0. The largest absolute Gasteiger partial charge is 0.352 e. The molecule has 1 aromatic rings. The number of urea groups is 1. The van der Waals surface area contributed by atoms with Gasteiger partial charge in [0.1, 0.15) is 6.04 Å². The van der Waals surface area contributed by atoms with Gasteiger partial charge in [-0.25, -0.2) is 4.79 Å². The molecule has 1 saturated heterocycles. The van der Waals surface area contributed by atoms with Crippen LogP contribution in [-0.2, 0) is 29.0 Å². The zero-order chi connectivity index (χ0) is 17.3. The summed E-state index contributed by atoms with van der Waals surface area (Å²) < 4.78 is 0. The maximum atomic E-state index is 12.1. The Bertz CT molecular complexity index is 686. The second kappa shape index (κ2) is 6.63. The number of aryl methyl sites for hydroxylation is 2. The van der Waals surface area contributed by atoms with Crippen LogP contribution in [0.5, 0.6) is 0 Å². The first-order chi connectivity index (χ1) is 11.5. The molecule has 1 fully saturated rings. The topological polar surface area (TPSA) is 69.7 Å². The standard InChI is InChI=1S/C18H23N3O3/c1-20-15(17(23)21(2)18(20)24)10-16(22)19-11-12-7-8-13-5-3-4-6-14(13)9-12/h7-9,15H,3-6,10-11H2,1-2H3,(H,19,22)/t15-/m0/s1. The number of likely N-dealkylation sites (N-methyl/N-ethyl adjacent to an activating group) is 2. The maximum Gasteiger partial charge on any atom is 0.326 e. The van der Waals surface area contributed by atoms with Crippen LogP contribution in [0.15, 0.2) is 18.2 Å². The first-order valence-corrected chi connectivity index (χ1v) is 8.39. The van der Waals surface area contributed by atoms with Crippen molar-refractivity contribution in [1.29, 1.82) is 0 Å². The highest BCUT2D eigenvalue weighted by Crippen LogP contribution is 2.22. The summed E-state index contributed by atoms with van der Waals surface area (Å²) in [5.41, 5.74) is 3.87. The zero-order valence-corrected chi connectivity index (χ0v) is 14.2. The molecule has 0 aromatic heterocycles. The molecule has 24 heavy (non-hydrogen) atoms. The minimum Gasteiger partial charge on any atom is -0.352 e. The predicted octanol–water partition coefficient (Wildman–Crippen LogP) is 1.46. The van der Waals surface area contributed by atoms with E-state index in [1.165, 1.54) is 35.9 Å². The fourth-order valence-electron chi connectivity index (χ4n) is 3.42. The van der Waals surface area contributed by atoms with Crippen LogP contribution < -0.4 is 5.32 Å². The summed E-state index contributed by atoms with van der Waals surface area (Å²) in [7, 11) is 2.98. The Morgan fingerprint density at radius 1 is 1.17 bits per heavy atom. The summed E-state index contributed by atoms with van der Waals surface area (Å²) in [6.07, 6.45) is 4.71. The van der Waals surface area contributed by atoms with Crippen LogP contribution in [0.25, 0.3) is 0 Å². The number of carbonyl (C=O) groups excluding carboxylic acids is 3. The lowest BCUT2D eigenvalue weighted by atomic mass is 9.90. The molecule has 1 aliphatic carbocycles. The molecule has 0 radical (unpaired) electrons. The molecule has 0 spiro atoms. The summed E-state index contributed by atoms with van der Waals surface area (Å²) in [5, 5.41) is 2.86. The first kappa shape index (κ1) is 16.5. The summed E-state index contributed by atoms with van der Waals surface area (Å²) in [5.74, 6) is -0.549. The quantitative estimate of drug-likeness (QED) is 0.850. The highest BCUT2D eigenvalue weighted by Gasteiger charge is 2.41. The van der Waals surface area contributed by atoms with Gasteiger partial charge in [0, 0.05) is 20.6 Å². The van der Waals surface area contributed by atoms with Gasteiger partial charge in [-0.05, 0) is 42.4 Å². The molecule has 1 heterocycles. The fourth-order valence-corrected chi connectivity index (χ4v) is 3.42. The molecule has 0 saturated carbocycles. The van der Waals surface area contributed by atoms with Crippen molar-refractivity contribution >= 4 is 17.8 Å². The van der Waals surface area contributed by atoms with Crippen molar-refractivity contribution in [1.82, 2.24) is 15.1 Å². The number of imide groups is 1. The summed E-state index contributed by atoms with van der Waals surface area (Å²) in [6.45, 7) is 0.445. The Labute approximate surface area is 141 Å². The van der Waals surface area contributed by atoms with Crippen LogP contribution in [0.3, 0.4) is 0 Å². The number of rotatable bonds is 4. The fraction of sp³-hybridized carbons (Fsp3) is 0.500. The van der Waals surface area contributed by atoms with E-state index in [-0.39, 0.29) is 24.3 Å². The third-order valence-corrected chi connectivity index (χ3v) is 4.95. The smallest absolute Gasteiger partial charge is 0.326 e. The van der Waals surface area contributed by atoms with Gasteiger partial charge in [0.05, 0.1) is 6.42 Å². The van der Waals surface area contributed by atoms with Gasteiger partial charge in [0.2, 0.25) is 5.91 Å². The van der Waals surface area contributed by atoms with E-state index in [0.717, 1.165) is 23.3 Å². The first-order valence-electron chi connectivity index (χ1n) is 8.39. The monoisotopic (exact) mass is 329 g/mol. The third kappa shape index (κ3) is 3.13. The molecule has 1 aromatic carbocycles. The Kier molecular flexibility index (Phi) is 4.55. The van der Waals surface area contributed by atoms with Crippen LogP contribution in [0.1, 0.15) is 36.0 Å². The van der Waals surface area contributed by atoms with Gasteiger partial charge >= 0.3 is 6.03 Å². The van der Waals surface area contributed by atoms with E-state index in [0.29, 0.717) is 6.54 Å². The van der Waals surface area contributed by atoms with Gasteiger partial charge in [-0.15, -0.1) is 0 Å². The molecule has 6 heteroatoms. The van der Waals surface area contributed by atoms with Gasteiger partial charge in [-0.3, -0.25) is 14.5 Å². The molecular weight excluding hydrogens is 306 g/mol. The Hall–Kier alpha value is -2.37. The van der Waals surface area contributed by atoms with Crippen molar-refractivity contribution in [3.8, 4) is 0 Å². The number of fused-ring (bicyclic) bond motifs is 1. The molecule has 0 bridgehead atoms. The van der Waals surface area contributed by atoms with E-state index in [2.05, 4.69) is 23.5 Å². The number of benzene rings is 1. The number of nitrogens with zero attached hydrogens (tertiary/aromatic N) is 2. The molecule has 128 valence electrons. The van der Waals surface area contributed by atoms with Crippen LogP contribution in [0, 0.1) is 0 Å². The lowest BCUT2D eigenvalue weighted by Gasteiger charge is -2.17. The van der Waals surface area contributed by atoms with E-state index in [1.807, 2.05) is 0 Å². The molecule has 6 nitrogen and oxygen atoms in total. The SMILES string of the molecule is CN1C(=O)[C@H](CC(=O)NCc2ccc3c(c2)CCCC3)N(C)C1=O. The number of hydrogen-bond acceptors (Lipinski definition) is 3. The number of nitrogens with one attached hydrogen (secondary N) is 1. The highest BCUT2D eigenvalue weighted by atomic mass is 16.2. The van der Waals surface area contributed by atoms with E-state index in [4.69, 9.17) is 0 Å². The van der Waals surface area contributed by atoms with Crippen LogP contribution in [0.4, 0.5) is 4.79 Å². The van der Waals surface area contributed by atoms with Crippen molar-refractivity contribution in [2.24, 2.45) is 0 Å². The Morgan fingerprint density at radius 3 is 2.54 bits per heavy atom. The average Bonchev–Trinajstić information content (AvgIpc) is 2.77. The maximum absolute atomic E-state index is 12.1. The molecule has 1 N–H and O–H groups in total. The molecular formula is C18H23N3O3. The average molecular weight is 329 g/mol. The molecule has 2 aliphatic rings. The van der Waals surface area contributed by atoms with Crippen molar-refractivity contribution in [2.45, 2.75) is 44.7 Å². The molecule has 1 atom stereocenters. The summed E-state index contributed by atoms with van der Waals surface area (Å²) in [6, 6.07) is 5.30. The van der Waals surface area contributed by atoms with Crippen molar-refractivity contribution in [2.75, 3.05) is 14.1 Å². The molecule has 4 amide bonds. The lowest BCUT2D eigenvalue weighted by Crippen LogP contribution is -2.37. The predicted molar refractivity (Wildman–Crippen MR) is 89.3 cm³/mol. The van der Waals surface area contributed by atoms with Crippen LogP contribution in [-0.4, -0.2) is 47.8 Å². The van der Waals surface area contributed by atoms with Crippen molar-refractivity contribution < 1.29 is 14.4 Å². The second-order valence-electron chi connectivity index (χ2n) is 6.60. The number of amides is 4. The number of carbonyl (C=O) groups is 3. The van der Waals surface area contributed by atoms with Gasteiger partial charge in [-0.2, -0.15) is 0 Å². The van der Waals surface area contributed by atoms with E-state index in [9.17, 15) is 14.4 Å². The van der Waals surface area contributed by atoms with Crippen LogP contribution in [0.2, 0.25) is 0 Å². The lowest BCUT2D eigenvalue weighted by molar-refractivity contribution is -0.131. The molecule has 1 aliphatic heterocycles. The second-order valence-corrected chi connectivity index (χ2v) is 6.60. The van der Waals surface area contributed by atoms with Crippen molar-refractivity contribution in [3.05, 3.63) is 34.9 Å². The zero-order valence-electron chi connectivity index (χ0n) is 14.2. The van der Waals surface area contributed by atoms with E-state index >= 15 is 0 Å². The highest BCUT2D eigenvalue weighted by molar-refractivity contribution is 6.05. The number of hydrogen-bond donors (Lipinski definition) is 1. The van der Waals surface area contributed by atoms with Gasteiger partial charge in [0.15, 0.2) is 0 Å². The Balaban J connectivity index is 1.56. The summed E-state index contributed by atoms with van der Waals surface area (Å²) in [4.78, 5) is 38.2. The minimum atomic E-state index is -0.703. The minimum absolute atomic E-state index is 0.00362. The Morgan fingerprint density at radius 2 is 1.88 bits per heavy atom. The van der Waals surface area contributed by atoms with E-state index in [1.54, 1.807) is 7.05 Å².